The first-order chi connectivity index (χ1) is 8.56. The predicted octanol–water partition coefficient (Wildman–Crippen LogP) is -0.199. The molecule has 1 aliphatic rings. The molecule has 1 saturated heterocycles. The minimum absolute atomic E-state index is 0.108. The van der Waals surface area contributed by atoms with E-state index in [9.17, 15) is 4.79 Å². The van der Waals surface area contributed by atoms with Crippen LogP contribution >= 0.6 is 0 Å². The third-order valence-electron chi connectivity index (χ3n) is 2.99. The number of hydrogen-bond acceptors (Lipinski definition) is 5. The van der Waals surface area contributed by atoms with E-state index in [1.165, 1.54) is 0 Å². The molecule has 0 atom stereocenters. The van der Waals surface area contributed by atoms with Gasteiger partial charge in [-0.15, -0.1) is 5.10 Å². The summed E-state index contributed by atoms with van der Waals surface area (Å²) in [5.74, 6) is 0.867. The Morgan fingerprint density at radius 2 is 2.06 bits per heavy atom. The van der Waals surface area contributed by atoms with Gasteiger partial charge >= 0.3 is 0 Å². The zero-order valence-electron chi connectivity index (χ0n) is 10.9. The van der Waals surface area contributed by atoms with Crippen molar-refractivity contribution in [2.45, 2.75) is 13.8 Å². The highest BCUT2D eigenvalue weighted by Gasteiger charge is 2.24. The maximum absolute atomic E-state index is 12.1. The van der Waals surface area contributed by atoms with E-state index < -0.39 is 0 Å². The second-order valence-corrected chi connectivity index (χ2v) is 5.03. The van der Waals surface area contributed by atoms with E-state index in [0.29, 0.717) is 5.92 Å². The van der Waals surface area contributed by atoms with Crippen molar-refractivity contribution in [1.29, 1.82) is 0 Å². The lowest BCUT2D eigenvalue weighted by Crippen LogP contribution is -2.49. The van der Waals surface area contributed by atoms with Gasteiger partial charge in [-0.3, -0.25) is 14.8 Å². The molecule has 1 aliphatic heterocycles. The first-order valence-electron chi connectivity index (χ1n) is 6.25. The van der Waals surface area contributed by atoms with Crippen molar-refractivity contribution in [3.05, 3.63) is 5.82 Å². The van der Waals surface area contributed by atoms with Crippen molar-refractivity contribution in [3.8, 4) is 0 Å². The average Bonchev–Trinajstić information content (AvgIpc) is 2.75. The summed E-state index contributed by atoms with van der Waals surface area (Å²) in [4.78, 5) is 20.1. The van der Waals surface area contributed by atoms with E-state index in [1.54, 1.807) is 4.90 Å². The summed E-state index contributed by atoms with van der Waals surface area (Å²) in [6, 6.07) is 0. The quantitative estimate of drug-likeness (QED) is 0.777. The highest BCUT2D eigenvalue weighted by atomic mass is 16.2. The smallest absolute Gasteiger partial charge is 0.291 e. The van der Waals surface area contributed by atoms with Crippen molar-refractivity contribution in [3.63, 3.8) is 0 Å². The number of anilines is 1. The predicted molar refractivity (Wildman–Crippen MR) is 68.0 cm³/mol. The van der Waals surface area contributed by atoms with Gasteiger partial charge in [-0.25, -0.2) is 0 Å². The minimum Gasteiger partial charge on any atom is -0.366 e. The molecule has 0 aromatic carbocycles. The topological polar surface area (TPSA) is 91.1 Å². The van der Waals surface area contributed by atoms with E-state index >= 15 is 0 Å². The largest absolute Gasteiger partial charge is 0.366 e. The average molecular weight is 252 g/mol. The van der Waals surface area contributed by atoms with Gasteiger partial charge in [0.2, 0.25) is 11.8 Å². The van der Waals surface area contributed by atoms with E-state index in [-0.39, 0.29) is 17.7 Å². The number of nitrogens with zero attached hydrogens (tertiary/aromatic N) is 4. The van der Waals surface area contributed by atoms with Crippen molar-refractivity contribution in [1.82, 2.24) is 25.0 Å². The molecule has 0 bridgehead atoms. The molecule has 7 nitrogen and oxygen atoms in total. The van der Waals surface area contributed by atoms with Crippen LogP contribution in [0, 0.1) is 5.92 Å². The number of aromatic amines is 1. The summed E-state index contributed by atoms with van der Waals surface area (Å²) >= 11 is 0. The van der Waals surface area contributed by atoms with Crippen molar-refractivity contribution in [2.75, 3.05) is 38.5 Å². The summed E-state index contributed by atoms with van der Waals surface area (Å²) < 4.78 is 0. The first-order valence-corrected chi connectivity index (χ1v) is 6.25. The van der Waals surface area contributed by atoms with Gasteiger partial charge in [0.05, 0.1) is 0 Å². The molecule has 3 N–H and O–H groups in total. The molecule has 1 aromatic heterocycles. The molecule has 0 saturated carbocycles. The van der Waals surface area contributed by atoms with E-state index in [4.69, 9.17) is 5.73 Å². The molecule has 2 heterocycles. The summed E-state index contributed by atoms with van der Waals surface area (Å²) in [6.45, 7) is 8.76. The molecule has 0 unspecified atom stereocenters. The summed E-state index contributed by atoms with van der Waals surface area (Å²) in [5.41, 5.74) is 5.39. The number of piperazine rings is 1. The Morgan fingerprint density at radius 3 is 2.56 bits per heavy atom. The molecular formula is C11H20N6O. The molecule has 7 heteroatoms. The number of rotatable bonds is 3. The van der Waals surface area contributed by atoms with Gasteiger partial charge in [0.15, 0.2) is 0 Å². The van der Waals surface area contributed by atoms with Gasteiger partial charge in [0.1, 0.15) is 0 Å². The molecule has 1 fully saturated rings. The number of carbonyl (C=O) groups is 1. The molecule has 1 aromatic rings. The number of hydrogen-bond donors (Lipinski definition) is 2. The number of aromatic nitrogens is 3. The maximum Gasteiger partial charge on any atom is 0.291 e. The van der Waals surface area contributed by atoms with Crippen LogP contribution in [0.4, 0.5) is 5.95 Å². The fourth-order valence-corrected chi connectivity index (χ4v) is 2.17. The first kappa shape index (κ1) is 12.8. The SMILES string of the molecule is CC(C)CN1CCN(C(=O)c2nc(N)n[nH]2)CC1. The molecule has 0 aliphatic carbocycles. The minimum atomic E-state index is -0.122. The van der Waals surface area contributed by atoms with Crippen LogP contribution in [0.1, 0.15) is 24.5 Å². The molecule has 2 rings (SSSR count). The number of H-pyrrole nitrogens is 1. The number of nitrogen functional groups attached to an aromatic ring is 1. The maximum atomic E-state index is 12.1. The second-order valence-electron chi connectivity index (χ2n) is 5.03. The molecule has 0 radical (unpaired) electrons. The zero-order valence-corrected chi connectivity index (χ0v) is 10.9. The molecule has 0 spiro atoms. The monoisotopic (exact) mass is 252 g/mol. The Labute approximate surface area is 106 Å². The normalized spacial score (nSPS) is 17.4. The number of nitrogens with two attached hydrogens (primary N) is 1. The Kier molecular flexibility index (Phi) is 3.81. The van der Waals surface area contributed by atoms with E-state index in [2.05, 4.69) is 33.9 Å². The van der Waals surface area contributed by atoms with Crippen molar-refractivity contribution >= 4 is 11.9 Å². The van der Waals surface area contributed by atoms with Crippen LogP contribution in [-0.4, -0.2) is 63.6 Å². The fraction of sp³-hybridized carbons (Fsp3) is 0.727. The Hall–Kier alpha value is -1.63. The molecule has 18 heavy (non-hydrogen) atoms. The number of nitrogens with one attached hydrogen (secondary N) is 1. The van der Waals surface area contributed by atoms with Crippen molar-refractivity contribution in [2.24, 2.45) is 5.92 Å². The molecular weight excluding hydrogens is 232 g/mol. The highest BCUT2D eigenvalue weighted by molar-refractivity contribution is 5.90. The van der Waals surface area contributed by atoms with Gasteiger partial charge < -0.3 is 10.6 Å². The summed E-state index contributed by atoms with van der Waals surface area (Å²) in [5, 5.41) is 6.23. The lowest BCUT2D eigenvalue weighted by atomic mass is 10.2. The van der Waals surface area contributed by atoms with Crippen LogP contribution in [0.5, 0.6) is 0 Å². The zero-order chi connectivity index (χ0) is 13.1. The van der Waals surface area contributed by atoms with Crippen LogP contribution in [0.2, 0.25) is 0 Å². The van der Waals surface area contributed by atoms with Gasteiger partial charge in [-0.1, -0.05) is 13.8 Å². The van der Waals surface area contributed by atoms with Crippen molar-refractivity contribution < 1.29 is 4.79 Å². The molecule has 100 valence electrons. The highest BCUT2D eigenvalue weighted by Crippen LogP contribution is 2.08. The van der Waals surface area contributed by atoms with Crippen LogP contribution in [0.15, 0.2) is 0 Å². The van der Waals surface area contributed by atoms with Crippen LogP contribution in [0.25, 0.3) is 0 Å². The standard InChI is InChI=1S/C11H20N6O/c1-8(2)7-16-3-5-17(6-4-16)10(18)9-13-11(12)15-14-9/h8H,3-7H2,1-2H3,(H3,12,13,14,15). The lowest BCUT2D eigenvalue weighted by molar-refractivity contribution is 0.0612. The Bertz CT molecular complexity index is 407. The molecule has 1 amide bonds. The summed E-state index contributed by atoms with van der Waals surface area (Å²) in [7, 11) is 0. The van der Waals surface area contributed by atoms with E-state index in [0.717, 1.165) is 32.7 Å². The number of amides is 1. The van der Waals surface area contributed by atoms with Crippen LogP contribution < -0.4 is 5.73 Å². The lowest BCUT2D eigenvalue weighted by Gasteiger charge is -2.35. The van der Waals surface area contributed by atoms with Crippen LogP contribution in [0.3, 0.4) is 0 Å². The van der Waals surface area contributed by atoms with Gasteiger partial charge in [-0.2, -0.15) is 4.98 Å². The van der Waals surface area contributed by atoms with Crippen LogP contribution in [-0.2, 0) is 0 Å². The Balaban J connectivity index is 1.88. The summed E-state index contributed by atoms with van der Waals surface area (Å²) in [6.07, 6.45) is 0. The number of carbonyl (C=O) groups excluding carboxylic acids is 1. The second kappa shape index (κ2) is 5.34. The third-order valence-corrected chi connectivity index (χ3v) is 2.99. The van der Waals surface area contributed by atoms with Gasteiger partial charge in [-0.05, 0) is 5.92 Å². The van der Waals surface area contributed by atoms with Gasteiger partial charge in [0.25, 0.3) is 5.91 Å². The van der Waals surface area contributed by atoms with E-state index in [1.807, 2.05) is 0 Å². The Morgan fingerprint density at radius 1 is 1.39 bits per heavy atom. The van der Waals surface area contributed by atoms with Gasteiger partial charge in [0, 0.05) is 32.7 Å². The fourth-order valence-electron chi connectivity index (χ4n) is 2.17. The third kappa shape index (κ3) is 2.98.